The van der Waals surface area contributed by atoms with Crippen molar-refractivity contribution in [1.29, 1.82) is 0 Å². The number of carbonyl (C=O) groups is 2. The Balaban J connectivity index is 4.19. The molecule has 0 saturated heterocycles. The van der Waals surface area contributed by atoms with Gasteiger partial charge in [0.2, 0.25) is 0 Å². The van der Waals surface area contributed by atoms with Crippen LogP contribution in [-0.2, 0) is 23.8 Å². The van der Waals surface area contributed by atoms with Gasteiger partial charge in [0.25, 0.3) is 0 Å². The zero-order valence-electron chi connectivity index (χ0n) is 37.9. The second-order valence-electron chi connectivity index (χ2n) is 16.7. The number of unbranched alkanes of at least 4 members (excludes halogenated alkanes) is 31. The fraction of sp³-hybridized carbons (Fsp3) is 0.882. The Morgan fingerprint density at radius 3 is 1.11 bits per heavy atom. The summed E-state index contributed by atoms with van der Waals surface area (Å²) in [5, 5.41) is 0. The lowest BCUT2D eigenvalue weighted by Gasteiger charge is -2.18. The Morgan fingerprint density at radius 1 is 0.375 bits per heavy atom. The molecule has 0 aliphatic carbocycles. The lowest BCUT2D eigenvalue weighted by molar-refractivity contribution is -0.163. The topological polar surface area (TPSA) is 61.8 Å². The molecule has 5 nitrogen and oxygen atoms in total. The third-order valence-electron chi connectivity index (χ3n) is 11.0. The summed E-state index contributed by atoms with van der Waals surface area (Å²) >= 11 is 0. The molecule has 0 bridgehead atoms. The molecule has 5 heteroatoms. The molecule has 0 aromatic rings. The summed E-state index contributed by atoms with van der Waals surface area (Å²) in [5.41, 5.74) is 0. The van der Waals surface area contributed by atoms with E-state index in [9.17, 15) is 9.59 Å². The average molecular weight is 789 g/mol. The summed E-state index contributed by atoms with van der Waals surface area (Å²) in [4.78, 5) is 25.3. The normalized spacial score (nSPS) is 12.3. The quantitative estimate of drug-likeness (QED) is 0.0349. The van der Waals surface area contributed by atoms with Gasteiger partial charge in [-0.25, -0.2) is 0 Å². The van der Waals surface area contributed by atoms with Crippen LogP contribution in [0.3, 0.4) is 0 Å². The van der Waals surface area contributed by atoms with E-state index in [1.54, 1.807) is 0 Å². The van der Waals surface area contributed by atoms with E-state index in [0.29, 0.717) is 19.4 Å². The minimum Gasteiger partial charge on any atom is -0.462 e. The molecule has 0 aromatic carbocycles. The molecule has 0 aliphatic heterocycles. The Labute approximate surface area is 349 Å². The highest BCUT2D eigenvalue weighted by molar-refractivity contribution is 5.70. The molecule has 1 atom stereocenters. The van der Waals surface area contributed by atoms with Crippen molar-refractivity contribution in [2.75, 3.05) is 19.8 Å². The average Bonchev–Trinajstić information content (AvgIpc) is 3.20. The Kier molecular flexibility index (Phi) is 46.4. The fourth-order valence-electron chi connectivity index (χ4n) is 7.21. The highest BCUT2D eigenvalue weighted by Gasteiger charge is 2.17. The van der Waals surface area contributed by atoms with Crippen LogP contribution in [0.15, 0.2) is 24.3 Å². The van der Waals surface area contributed by atoms with E-state index in [1.165, 1.54) is 186 Å². The van der Waals surface area contributed by atoms with Crippen LogP contribution in [0.1, 0.15) is 265 Å². The molecule has 1 unspecified atom stereocenters. The SMILES string of the molecule is CCCCCC/C=C\CCCCCCCC(=O)OC(COCCCCCCCCCCCC)COC(=O)CCCCCCCCC/C=C\CCCCCCCC. The molecule has 0 aromatic heterocycles. The van der Waals surface area contributed by atoms with Crippen LogP contribution < -0.4 is 0 Å². The molecule has 0 amide bonds. The molecule has 0 N–H and O–H groups in total. The number of carbonyl (C=O) groups excluding carboxylic acids is 2. The van der Waals surface area contributed by atoms with Gasteiger partial charge in [0, 0.05) is 19.4 Å². The van der Waals surface area contributed by atoms with Gasteiger partial charge < -0.3 is 14.2 Å². The third kappa shape index (κ3) is 45.1. The van der Waals surface area contributed by atoms with Crippen LogP contribution >= 0.6 is 0 Å². The van der Waals surface area contributed by atoms with Crippen LogP contribution in [0.4, 0.5) is 0 Å². The predicted octanol–water partition coefficient (Wildman–Crippen LogP) is 16.5. The van der Waals surface area contributed by atoms with Gasteiger partial charge in [-0.15, -0.1) is 0 Å². The Bertz CT molecular complexity index is 851. The first-order chi connectivity index (χ1) is 27.6. The number of hydrogen-bond acceptors (Lipinski definition) is 5. The van der Waals surface area contributed by atoms with Gasteiger partial charge in [0.1, 0.15) is 6.61 Å². The van der Waals surface area contributed by atoms with Gasteiger partial charge in [-0.2, -0.15) is 0 Å². The summed E-state index contributed by atoms with van der Waals surface area (Å²) < 4.78 is 17.3. The molecule has 56 heavy (non-hydrogen) atoms. The smallest absolute Gasteiger partial charge is 0.306 e. The van der Waals surface area contributed by atoms with E-state index in [0.717, 1.165) is 44.9 Å². The van der Waals surface area contributed by atoms with Crippen molar-refractivity contribution >= 4 is 11.9 Å². The van der Waals surface area contributed by atoms with E-state index < -0.39 is 6.10 Å². The number of hydrogen-bond donors (Lipinski definition) is 0. The van der Waals surface area contributed by atoms with Gasteiger partial charge >= 0.3 is 11.9 Å². The first-order valence-corrected chi connectivity index (χ1v) is 24.9. The molecule has 330 valence electrons. The molecule has 0 radical (unpaired) electrons. The molecular formula is C51H96O5. The molecule has 0 rings (SSSR count). The molecule has 0 saturated carbocycles. The van der Waals surface area contributed by atoms with Gasteiger partial charge in [-0.3, -0.25) is 9.59 Å². The van der Waals surface area contributed by atoms with E-state index in [1.807, 2.05) is 0 Å². The van der Waals surface area contributed by atoms with Crippen molar-refractivity contribution in [1.82, 2.24) is 0 Å². The van der Waals surface area contributed by atoms with E-state index in [4.69, 9.17) is 14.2 Å². The van der Waals surface area contributed by atoms with Crippen molar-refractivity contribution in [3.8, 4) is 0 Å². The zero-order valence-corrected chi connectivity index (χ0v) is 37.9. The minimum absolute atomic E-state index is 0.0854. The van der Waals surface area contributed by atoms with Gasteiger partial charge in [-0.1, -0.05) is 206 Å². The molecule has 0 fully saturated rings. The highest BCUT2D eigenvalue weighted by atomic mass is 16.6. The largest absolute Gasteiger partial charge is 0.462 e. The van der Waals surface area contributed by atoms with Crippen molar-refractivity contribution in [3.63, 3.8) is 0 Å². The number of ether oxygens (including phenoxy) is 3. The standard InChI is InChI=1S/C51H96O5/c1-4-7-10-13-16-19-22-24-25-26-27-29-30-32-35-38-41-44-50(52)55-48-49(47-54-46-43-40-37-34-21-18-15-12-9-6-3)56-51(53)45-42-39-36-33-31-28-23-20-17-14-11-8-5-2/h20,23-25,49H,4-19,21-22,26-48H2,1-3H3/b23-20-,25-24-. The first-order valence-electron chi connectivity index (χ1n) is 24.9. The van der Waals surface area contributed by atoms with Crippen LogP contribution in [0.25, 0.3) is 0 Å². The second-order valence-corrected chi connectivity index (χ2v) is 16.7. The Morgan fingerprint density at radius 2 is 0.696 bits per heavy atom. The monoisotopic (exact) mass is 789 g/mol. The van der Waals surface area contributed by atoms with Gasteiger partial charge in [-0.05, 0) is 70.6 Å². The minimum atomic E-state index is -0.534. The lowest BCUT2D eigenvalue weighted by atomic mass is 10.1. The van der Waals surface area contributed by atoms with E-state index in [-0.39, 0.29) is 25.2 Å². The van der Waals surface area contributed by atoms with Gasteiger partial charge in [0.05, 0.1) is 6.61 Å². The maximum absolute atomic E-state index is 12.7. The van der Waals surface area contributed by atoms with Crippen molar-refractivity contribution < 1.29 is 23.8 Å². The summed E-state index contributed by atoms with van der Waals surface area (Å²) in [6, 6.07) is 0. The number of rotatable bonds is 46. The van der Waals surface area contributed by atoms with Crippen LogP contribution in [0, 0.1) is 0 Å². The van der Waals surface area contributed by atoms with Crippen LogP contribution in [-0.4, -0.2) is 37.9 Å². The van der Waals surface area contributed by atoms with E-state index in [2.05, 4.69) is 45.1 Å². The van der Waals surface area contributed by atoms with Crippen molar-refractivity contribution in [2.45, 2.75) is 271 Å². The maximum Gasteiger partial charge on any atom is 0.306 e. The van der Waals surface area contributed by atoms with Crippen molar-refractivity contribution in [2.24, 2.45) is 0 Å². The molecule has 0 aliphatic rings. The van der Waals surface area contributed by atoms with Crippen LogP contribution in [0.2, 0.25) is 0 Å². The van der Waals surface area contributed by atoms with Gasteiger partial charge in [0.15, 0.2) is 6.10 Å². The molecule has 0 heterocycles. The highest BCUT2D eigenvalue weighted by Crippen LogP contribution is 2.14. The van der Waals surface area contributed by atoms with Crippen molar-refractivity contribution in [3.05, 3.63) is 24.3 Å². The summed E-state index contributed by atoms with van der Waals surface area (Å²) in [6.07, 6.45) is 54.6. The third-order valence-corrected chi connectivity index (χ3v) is 11.0. The predicted molar refractivity (Wildman–Crippen MR) is 242 cm³/mol. The lowest BCUT2D eigenvalue weighted by Crippen LogP contribution is -2.30. The fourth-order valence-corrected chi connectivity index (χ4v) is 7.21. The molecule has 0 spiro atoms. The number of allylic oxidation sites excluding steroid dienone is 4. The second kappa shape index (κ2) is 47.8. The zero-order chi connectivity index (χ0) is 40.7. The van der Waals surface area contributed by atoms with Crippen LogP contribution in [0.5, 0.6) is 0 Å². The maximum atomic E-state index is 12.7. The first kappa shape index (κ1) is 54.4. The van der Waals surface area contributed by atoms with E-state index >= 15 is 0 Å². The summed E-state index contributed by atoms with van der Waals surface area (Å²) in [5.74, 6) is -0.399. The Hall–Kier alpha value is -1.62. The molecular weight excluding hydrogens is 693 g/mol. The number of esters is 2. The summed E-state index contributed by atoms with van der Waals surface area (Å²) in [7, 11) is 0. The summed E-state index contributed by atoms with van der Waals surface area (Å²) in [6.45, 7) is 7.83.